The summed E-state index contributed by atoms with van der Waals surface area (Å²) in [5.74, 6) is -1.07. The number of carbonyl (C=O) groups excluding carboxylic acids is 1. The van der Waals surface area contributed by atoms with E-state index in [4.69, 9.17) is 10.8 Å². The normalized spacial score (nSPS) is 18.6. The van der Waals surface area contributed by atoms with Gasteiger partial charge in [-0.25, -0.2) is 0 Å². The molecule has 1 aromatic carbocycles. The zero-order valence-corrected chi connectivity index (χ0v) is 11.9. The molecule has 1 fully saturated rings. The number of benzene rings is 1. The Balaban J connectivity index is 2.20. The quantitative estimate of drug-likeness (QED) is 0.833. The van der Waals surface area contributed by atoms with E-state index in [9.17, 15) is 9.59 Å². The van der Waals surface area contributed by atoms with Crippen LogP contribution in [-0.2, 0) is 4.79 Å². The van der Waals surface area contributed by atoms with Crippen molar-refractivity contribution in [3.8, 4) is 0 Å². The molecule has 1 heterocycles. The van der Waals surface area contributed by atoms with Gasteiger partial charge in [0.15, 0.2) is 0 Å². The van der Waals surface area contributed by atoms with Crippen LogP contribution in [0.5, 0.6) is 0 Å². The minimum atomic E-state index is -0.881. The average molecular weight is 327 g/mol. The zero-order chi connectivity index (χ0) is 14.0. The number of hydrogen-bond donors (Lipinski definition) is 2. The number of nitrogens with zero attached hydrogens (tertiary/aromatic N) is 1. The van der Waals surface area contributed by atoms with Gasteiger partial charge in [-0.3, -0.25) is 9.59 Å². The minimum absolute atomic E-state index is 0.0117. The van der Waals surface area contributed by atoms with E-state index in [-0.39, 0.29) is 18.4 Å². The van der Waals surface area contributed by atoms with Crippen LogP contribution in [0.15, 0.2) is 22.7 Å². The first-order chi connectivity index (χ1) is 8.99. The molecular formula is C13H15BrN2O3. The number of nitrogen functional groups attached to an aromatic ring is 1. The lowest BCUT2D eigenvalue weighted by Crippen LogP contribution is -2.37. The van der Waals surface area contributed by atoms with Gasteiger partial charge in [0.1, 0.15) is 0 Å². The first kappa shape index (κ1) is 13.9. The predicted molar refractivity (Wildman–Crippen MR) is 74.9 cm³/mol. The Morgan fingerprint density at radius 1 is 1.47 bits per heavy atom. The first-order valence-corrected chi connectivity index (χ1v) is 6.86. The highest BCUT2D eigenvalue weighted by Crippen LogP contribution is 2.26. The maximum absolute atomic E-state index is 12.4. The molecule has 0 aliphatic carbocycles. The molecule has 0 bridgehead atoms. The van der Waals surface area contributed by atoms with E-state index in [1.54, 1.807) is 23.1 Å². The number of carboxylic acids is 1. The molecule has 3 N–H and O–H groups in total. The van der Waals surface area contributed by atoms with Crippen molar-refractivity contribution in [3.63, 3.8) is 0 Å². The summed E-state index contributed by atoms with van der Waals surface area (Å²) in [7, 11) is 0. The molecule has 1 aliphatic heterocycles. The van der Waals surface area contributed by atoms with Crippen LogP contribution >= 0.6 is 15.9 Å². The number of likely N-dealkylation sites (tertiary alicyclic amines) is 1. The predicted octanol–water partition coefficient (Wildman–Crippen LogP) is 2.11. The van der Waals surface area contributed by atoms with E-state index in [2.05, 4.69) is 15.9 Å². The van der Waals surface area contributed by atoms with Crippen molar-refractivity contribution in [2.45, 2.75) is 25.3 Å². The number of carboxylic acid groups (broad SMARTS) is 1. The molecule has 1 unspecified atom stereocenters. The molecule has 1 saturated heterocycles. The Labute approximate surface area is 119 Å². The van der Waals surface area contributed by atoms with E-state index in [1.807, 2.05) is 0 Å². The van der Waals surface area contributed by atoms with Gasteiger partial charge in [0.2, 0.25) is 0 Å². The van der Waals surface area contributed by atoms with Gasteiger partial charge < -0.3 is 15.7 Å². The summed E-state index contributed by atoms with van der Waals surface area (Å²) in [6.07, 6.45) is 1.55. The molecule has 0 saturated carbocycles. The molecule has 19 heavy (non-hydrogen) atoms. The number of hydrogen-bond acceptors (Lipinski definition) is 3. The monoisotopic (exact) mass is 326 g/mol. The van der Waals surface area contributed by atoms with Gasteiger partial charge in [-0.2, -0.15) is 0 Å². The lowest BCUT2D eigenvalue weighted by Gasteiger charge is -2.24. The second kappa shape index (κ2) is 5.61. The number of carbonyl (C=O) groups is 2. The molecule has 0 radical (unpaired) electrons. The first-order valence-electron chi connectivity index (χ1n) is 6.07. The summed E-state index contributed by atoms with van der Waals surface area (Å²) >= 11 is 3.29. The molecule has 5 nitrogen and oxygen atoms in total. The third-order valence-electron chi connectivity index (χ3n) is 3.29. The second-order valence-electron chi connectivity index (χ2n) is 4.62. The summed E-state index contributed by atoms with van der Waals surface area (Å²) in [6.45, 7) is 0.590. The number of aliphatic carboxylic acids is 1. The molecule has 1 amide bonds. The van der Waals surface area contributed by atoms with Crippen LogP contribution in [0.4, 0.5) is 5.69 Å². The maximum atomic E-state index is 12.4. The Kier molecular flexibility index (Phi) is 4.09. The van der Waals surface area contributed by atoms with Crippen LogP contribution in [0.25, 0.3) is 0 Å². The lowest BCUT2D eigenvalue weighted by molar-refractivity contribution is -0.137. The molecular weight excluding hydrogens is 312 g/mol. The van der Waals surface area contributed by atoms with Crippen LogP contribution in [-0.4, -0.2) is 34.5 Å². The largest absolute Gasteiger partial charge is 0.481 e. The Morgan fingerprint density at radius 2 is 2.21 bits per heavy atom. The molecule has 6 heteroatoms. The maximum Gasteiger partial charge on any atom is 0.305 e. The third kappa shape index (κ3) is 3.07. The van der Waals surface area contributed by atoms with Crippen molar-refractivity contribution >= 4 is 33.5 Å². The number of anilines is 1. The number of nitrogens with two attached hydrogens (primary N) is 1. The molecule has 1 aromatic rings. The van der Waals surface area contributed by atoms with Gasteiger partial charge in [-0.1, -0.05) is 15.9 Å². The third-order valence-corrected chi connectivity index (χ3v) is 3.79. The zero-order valence-electron chi connectivity index (χ0n) is 10.3. The highest BCUT2D eigenvalue weighted by molar-refractivity contribution is 9.10. The van der Waals surface area contributed by atoms with Crippen LogP contribution in [0, 0.1) is 0 Å². The van der Waals surface area contributed by atoms with E-state index in [0.29, 0.717) is 17.8 Å². The molecule has 0 aromatic heterocycles. The Bertz CT molecular complexity index is 519. The molecule has 2 rings (SSSR count). The molecule has 102 valence electrons. The smallest absolute Gasteiger partial charge is 0.305 e. The van der Waals surface area contributed by atoms with E-state index >= 15 is 0 Å². The number of amides is 1. The van der Waals surface area contributed by atoms with Crippen molar-refractivity contribution in [1.29, 1.82) is 0 Å². The Hall–Kier alpha value is -1.56. The summed E-state index contributed by atoms with van der Waals surface area (Å²) in [5, 5.41) is 8.87. The van der Waals surface area contributed by atoms with Crippen LogP contribution in [0.1, 0.15) is 29.6 Å². The summed E-state index contributed by atoms with van der Waals surface area (Å²) in [4.78, 5) is 24.8. The van der Waals surface area contributed by atoms with Crippen molar-refractivity contribution in [3.05, 3.63) is 28.2 Å². The number of rotatable bonds is 3. The average Bonchev–Trinajstić information content (AvgIpc) is 2.75. The molecule has 0 spiro atoms. The van der Waals surface area contributed by atoms with Crippen LogP contribution < -0.4 is 5.73 Å². The minimum Gasteiger partial charge on any atom is -0.481 e. The van der Waals surface area contributed by atoms with Gasteiger partial charge in [-0.15, -0.1) is 0 Å². The van der Waals surface area contributed by atoms with Crippen LogP contribution in [0.2, 0.25) is 0 Å². The lowest BCUT2D eigenvalue weighted by atomic mass is 10.1. The molecule has 1 atom stereocenters. The van der Waals surface area contributed by atoms with E-state index in [1.165, 1.54) is 0 Å². The van der Waals surface area contributed by atoms with Crippen molar-refractivity contribution in [2.75, 3.05) is 12.3 Å². The van der Waals surface area contributed by atoms with Crippen LogP contribution in [0.3, 0.4) is 0 Å². The fourth-order valence-electron chi connectivity index (χ4n) is 2.40. The highest BCUT2D eigenvalue weighted by Gasteiger charge is 2.31. The number of halogens is 1. The SMILES string of the molecule is Nc1cc(Br)ccc1C(=O)N1CCCC1CC(=O)O. The van der Waals surface area contributed by atoms with Crippen molar-refractivity contribution in [1.82, 2.24) is 4.90 Å². The van der Waals surface area contributed by atoms with Gasteiger partial charge in [0.05, 0.1) is 12.0 Å². The van der Waals surface area contributed by atoms with Gasteiger partial charge in [0, 0.05) is 22.7 Å². The Morgan fingerprint density at radius 3 is 2.84 bits per heavy atom. The highest BCUT2D eigenvalue weighted by atomic mass is 79.9. The summed E-state index contributed by atoms with van der Waals surface area (Å²) in [5.41, 5.74) is 6.68. The summed E-state index contributed by atoms with van der Waals surface area (Å²) in [6, 6.07) is 4.87. The fraction of sp³-hybridized carbons (Fsp3) is 0.385. The summed E-state index contributed by atoms with van der Waals surface area (Å²) < 4.78 is 0.810. The van der Waals surface area contributed by atoms with Gasteiger partial charge in [0.25, 0.3) is 5.91 Å². The van der Waals surface area contributed by atoms with Gasteiger partial charge in [-0.05, 0) is 31.0 Å². The van der Waals surface area contributed by atoms with E-state index in [0.717, 1.165) is 17.3 Å². The fourth-order valence-corrected chi connectivity index (χ4v) is 2.78. The van der Waals surface area contributed by atoms with Gasteiger partial charge >= 0.3 is 5.97 Å². The topological polar surface area (TPSA) is 83.6 Å². The second-order valence-corrected chi connectivity index (χ2v) is 5.54. The molecule has 1 aliphatic rings. The standard InChI is InChI=1S/C13H15BrN2O3/c14-8-3-4-10(11(15)6-8)13(19)16-5-1-2-9(16)7-12(17)18/h3-4,6,9H,1-2,5,7,15H2,(H,17,18). The van der Waals surface area contributed by atoms with Crippen molar-refractivity contribution in [2.24, 2.45) is 0 Å². The van der Waals surface area contributed by atoms with E-state index < -0.39 is 5.97 Å². The van der Waals surface area contributed by atoms with Crippen molar-refractivity contribution < 1.29 is 14.7 Å².